The zero-order chi connectivity index (χ0) is 11.8. The average molecular weight is 231 g/mol. The molecule has 3 rings (SSSR count). The molecule has 0 aliphatic heterocycles. The van der Waals surface area contributed by atoms with Crippen LogP contribution >= 0.6 is 0 Å². The highest BCUT2D eigenvalue weighted by Crippen LogP contribution is 2.38. The molecular weight excluding hydrogens is 214 g/mol. The number of hydrogen-bond donors (Lipinski definition) is 1. The highest BCUT2D eigenvalue weighted by atomic mass is 16.5. The molecule has 0 unspecified atom stereocenters. The molecule has 0 saturated heterocycles. The molecule has 2 N–H and O–H groups in total. The van der Waals surface area contributed by atoms with Gasteiger partial charge in [0.05, 0.1) is 6.20 Å². The normalized spacial score (nSPS) is 30.5. The van der Waals surface area contributed by atoms with Crippen LogP contribution < -0.4 is 10.5 Å². The summed E-state index contributed by atoms with van der Waals surface area (Å²) in [6, 6.07) is 0. The van der Waals surface area contributed by atoms with Crippen LogP contribution in [0.25, 0.3) is 0 Å². The fourth-order valence-corrected chi connectivity index (χ4v) is 2.77. The Balaban J connectivity index is 1.76. The molecule has 1 heterocycles. The summed E-state index contributed by atoms with van der Waals surface area (Å²) in [5.41, 5.74) is 6.46. The average Bonchev–Trinajstić information content (AvgIpc) is 2.85. The molecule has 2 aliphatic rings. The van der Waals surface area contributed by atoms with E-state index in [1.54, 1.807) is 10.9 Å². The Morgan fingerprint density at radius 3 is 2.94 bits per heavy atom. The largest absolute Gasteiger partial charge is 0.471 e. The fraction of sp³-hybridized carbons (Fsp3) is 0.462. The molecule has 17 heavy (non-hydrogen) atoms. The van der Waals surface area contributed by atoms with Crippen molar-refractivity contribution in [3.05, 3.63) is 30.5 Å². The van der Waals surface area contributed by atoms with Gasteiger partial charge in [-0.1, -0.05) is 24.3 Å². The maximum atomic E-state index is 5.95. The van der Waals surface area contributed by atoms with E-state index in [9.17, 15) is 0 Å². The molecule has 0 amide bonds. The Labute approximate surface area is 101 Å². The second-order valence-corrected chi connectivity index (χ2v) is 4.81. The Morgan fingerprint density at radius 2 is 2.18 bits per heavy atom. The first-order chi connectivity index (χ1) is 8.24. The van der Waals surface area contributed by atoms with Crippen LogP contribution in [0, 0.1) is 11.8 Å². The standard InChI is InChI=1S/C13H17N3O/c1-16-8-11(14)13(15-16)17-12-7-6-9-4-2-3-5-10(9)12/h2-5,8-10,12H,6-7,14H2,1H3/t9-,10-,12-/m1/s1. The molecule has 1 aromatic heterocycles. The van der Waals surface area contributed by atoms with Gasteiger partial charge in [0.15, 0.2) is 0 Å². The molecule has 4 heteroatoms. The highest BCUT2D eigenvalue weighted by molar-refractivity contribution is 5.46. The van der Waals surface area contributed by atoms with Crippen molar-refractivity contribution in [2.45, 2.75) is 18.9 Å². The minimum Gasteiger partial charge on any atom is -0.471 e. The maximum Gasteiger partial charge on any atom is 0.256 e. The van der Waals surface area contributed by atoms with Crippen molar-refractivity contribution in [3.8, 4) is 5.88 Å². The summed E-state index contributed by atoms with van der Waals surface area (Å²) in [5, 5.41) is 4.24. The van der Waals surface area contributed by atoms with E-state index in [2.05, 4.69) is 29.4 Å². The second-order valence-electron chi connectivity index (χ2n) is 4.81. The minimum atomic E-state index is 0.207. The minimum absolute atomic E-state index is 0.207. The number of rotatable bonds is 2. The predicted octanol–water partition coefficient (Wildman–Crippen LogP) is 1.90. The Kier molecular flexibility index (Phi) is 2.42. The van der Waals surface area contributed by atoms with Gasteiger partial charge in [0.1, 0.15) is 11.8 Å². The van der Waals surface area contributed by atoms with Gasteiger partial charge < -0.3 is 10.5 Å². The van der Waals surface area contributed by atoms with E-state index in [0.717, 1.165) is 6.42 Å². The highest BCUT2D eigenvalue weighted by Gasteiger charge is 2.35. The fourth-order valence-electron chi connectivity index (χ4n) is 2.77. The first-order valence-corrected chi connectivity index (χ1v) is 6.05. The van der Waals surface area contributed by atoms with Crippen LogP contribution in [-0.4, -0.2) is 15.9 Å². The Bertz CT molecular complexity index is 475. The van der Waals surface area contributed by atoms with Crippen LogP contribution in [0.4, 0.5) is 5.69 Å². The number of nitrogens with zero attached hydrogens (tertiary/aromatic N) is 2. The molecule has 0 radical (unpaired) electrons. The number of anilines is 1. The molecule has 90 valence electrons. The number of ether oxygens (including phenoxy) is 1. The van der Waals surface area contributed by atoms with Crippen molar-refractivity contribution in [1.82, 2.24) is 9.78 Å². The SMILES string of the molecule is Cn1cc(N)c(O[C@@H]2CC[C@H]3C=CC=C[C@H]32)n1. The number of aromatic nitrogens is 2. The Hall–Kier alpha value is -1.71. The number of aryl methyl sites for hydroxylation is 1. The summed E-state index contributed by atoms with van der Waals surface area (Å²) < 4.78 is 7.64. The topological polar surface area (TPSA) is 53.1 Å². The van der Waals surface area contributed by atoms with Crippen molar-refractivity contribution in [2.75, 3.05) is 5.73 Å². The van der Waals surface area contributed by atoms with Crippen LogP contribution in [-0.2, 0) is 7.05 Å². The third-order valence-corrected chi connectivity index (χ3v) is 3.60. The van der Waals surface area contributed by atoms with Gasteiger partial charge in [0.25, 0.3) is 5.88 Å². The maximum absolute atomic E-state index is 5.95. The van der Waals surface area contributed by atoms with Gasteiger partial charge in [-0.3, -0.25) is 4.68 Å². The van der Waals surface area contributed by atoms with Crippen LogP contribution in [0.3, 0.4) is 0 Å². The van der Waals surface area contributed by atoms with Crippen molar-refractivity contribution in [2.24, 2.45) is 18.9 Å². The third kappa shape index (κ3) is 1.84. The van der Waals surface area contributed by atoms with Crippen LogP contribution in [0.1, 0.15) is 12.8 Å². The third-order valence-electron chi connectivity index (χ3n) is 3.60. The quantitative estimate of drug-likeness (QED) is 0.845. The van der Waals surface area contributed by atoms with E-state index in [1.165, 1.54) is 6.42 Å². The van der Waals surface area contributed by atoms with Gasteiger partial charge in [-0.2, -0.15) is 0 Å². The molecular formula is C13H17N3O. The summed E-state index contributed by atoms with van der Waals surface area (Å²) in [4.78, 5) is 0. The first kappa shape index (κ1) is 10.4. The summed E-state index contributed by atoms with van der Waals surface area (Å²) in [6.45, 7) is 0. The van der Waals surface area contributed by atoms with Crippen molar-refractivity contribution in [3.63, 3.8) is 0 Å². The summed E-state index contributed by atoms with van der Waals surface area (Å²) >= 11 is 0. The molecule has 2 aliphatic carbocycles. The van der Waals surface area contributed by atoms with Gasteiger partial charge >= 0.3 is 0 Å². The number of allylic oxidation sites excluding steroid dienone is 3. The van der Waals surface area contributed by atoms with E-state index in [1.807, 2.05) is 7.05 Å². The predicted molar refractivity (Wildman–Crippen MR) is 66.5 cm³/mol. The van der Waals surface area contributed by atoms with Crippen molar-refractivity contribution >= 4 is 5.69 Å². The first-order valence-electron chi connectivity index (χ1n) is 6.05. The number of fused-ring (bicyclic) bond motifs is 1. The van der Waals surface area contributed by atoms with E-state index < -0.39 is 0 Å². The molecule has 3 atom stereocenters. The zero-order valence-corrected chi connectivity index (χ0v) is 9.91. The molecule has 0 spiro atoms. The van der Waals surface area contributed by atoms with Gasteiger partial charge in [0, 0.05) is 13.0 Å². The van der Waals surface area contributed by atoms with E-state index >= 15 is 0 Å². The lowest BCUT2D eigenvalue weighted by Gasteiger charge is -2.21. The summed E-state index contributed by atoms with van der Waals surface area (Å²) in [6.07, 6.45) is 13.0. The molecule has 1 aromatic rings. The second kappa shape index (κ2) is 3.95. The lowest BCUT2D eigenvalue weighted by Crippen LogP contribution is -2.24. The number of hydrogen-bond acceptors (Lipinski definition) is 3. The van der Waals surface area contributed by atoms with Gasteiger partial charge in [0.2, 0.25) is 0 Å². The van der Waals surface area contributed by atoms with E-state index in [4.69, 9.17) is 10.5 Å². The van der Waals surface area contributed by atoms with Crippen molar-refractivity contribution in [1.29, 1.82) is 0 Å². The van der Waals surface area contributed by atoms with Gasteiger partial charge in [-0.25, -0.2) is 0 Å². The lowest BCUT2D eigenvalue weighted by molar-refractivity contribution is 0.165. The molecule has 4 nitrogen and oxygen atoms in total. The van der Waals surface area contributed by atoms with Crippen LogP contribution in [0.5, 0.6) is 5.88 Å². The summed E-state index contributed by atoms with van der Waals surface area (Å²) in [5.74, 6) is 1.66. The molecule has 0 aromatic carbocycles. The van der Waals surface area contributed by atoms with Gasteiger partial charge in [-0.15, -0.1) is 5.10 Å². The van der Waals surface area contributed by atoms with Gasteiger partial charge in [-0.05, 0) is 18.8 Å². The number of nitrogen functional groups attached to an aromatic ring is 1. The molecule has 0 bridgehead atoms. The monoisotopic (exact) mass is 231 g/mol. The van der Waals surface area contributed by atoms with E-state index in [-0.39, 0.29) is 6.10 Å². The number of nitrogens with two attached hydrogens (primary N) is 1. The Morgan fingerprint density at radius 1 is 1.35 bits per heavy atom. The zero-order valence-electron chi connectivity index (χ0n) is 9.91. The van der Waals surface area contributed by atoms with Crippen LogP contribution in [0.15, 0.2) is 30.5 Å². The summed E-state index contributed by atoms with van der Waals surface area (Å²) in [7, 11) is 1.85. The molecule has 1 fully saturated rings. The van der Waals surface area contributed by atoms with Crippen molar-refractivity contribution < 1.29 is 4.74 Å². The lowest BCUT2D eigenvalue weighted by atomic mass is 9.91. The van der Waals surface area contributed by atoms with E-state index in [0.29, 0.717) is 23.4 Å². The smallest absolute Gasteiger partial charge is 0.256 e. The van der Waals surface area contributed by atoms with Crippen LogP contribution in [0.2, 0.25) is 0 Å². The molecule has 1 saturated carbocycles.